The van der Waals surface area contributed by atoms with Gasteiger partial charge in [-0.2, -0.15) is 0 Å². The average molecular weight is 322 g/mol. The Hall–Kier alpha value is -1.57. The molecule has 0 radical (unpaired) electrons. The molecule has 1 saturated heterocycles. The third-order valence-electron chi connectivity index (χ3n) is 3.26. The number of amides is 2. The van der Waals surface area contributed by atoms with Crippen molar-refractivity contribution in [3.05, 3.63) is 24.3 Å². The molecule has 1 aromatic rings. The number of hydrogen-bond donors (Lipinski definition) is 3. The van der Waals surface area contributed by atoms with Gasteiger partial charge in [0.15, 0.2) is 0 Å². The Labute approximate surface area is 135 Å². The molecule has 22 heavy (non-hydrogen) atoms. The smallest absolute Gasteiger partial charge is 0.242 e. The Balaban J connectivity index is 1.82. The molecule has 1 fully saturated rings. The Morgan fingerprint density at radius 3 is 2.41 bits per heavy atom. The van der Waals surface area contributed by atoms with Crippen LogP contribution in [0.2, 0.25) is 0 Å². The van der Waals surface area contributed by atoms with Gasteiger partial charge in [0.1, 0.15) is 0 Å². The molecule has 0 bridgehead atoms. The highest BCUT2D eigenvalue weighted by molar-refractivity contribution is 7.99. The number of thioether (sulfide) groups is 1. The number of carbonyl (C=O) groups is 2. The van der Waals surface area contributed by atoms with Crippen molar-refractivity contribution >= 4 is 35.0 Å². The monoisotopic (exact) mass is 322 g/mol. The van der Waals surface area contributed by atoms with Gasteiger partial charge in [0.25, 0.3) is 0 Å². The van der Waals surface area contributed by atoms with Crippen molar-refractivity contribution in [2.75, 3.05) is 42.9 Å². The Kier molecular flexibility index (Phi) is 6.23. The van der Waals surface area contributed by atoms with Crippen LogP contribution in [0.5, 0.6) is 0 Å². The minimum Gasteiger partial charge on any atom is -0.326 e. The highest BCUT2D eigenvalue weighted by Gasteiger charge is 2.22. The Morgan fingerprint density at radius 1 is 1.23 bits per heavy atom. The molecule has 7 heteroatoms. The molecule has 1 aliphatic heterocycles. The van der Waals surface area contributed by atoms with Gasteiger partial charge in [0, 0.05) is 36.0 Å². The maximum atomic E-state index is 12.0. The fraction of sp³-hybridized carbons (Fsp3) is 0.467. The third kappa shape index (κ3) is 5.32. The first kappa shape index (κ1) is 16.8. The van der Waals surface area contributed by atoms with Gasteiger partial charge in [-0.05, 0) is 38.4 Å². The minimum atomic E-state index is -0.129. The van der Waals surface area contributed by atoms with Crippen LogP contribution in [0.1, 0.15) is 6.42 Å². The van der Waals surface area contributed by atoms with Gasteiger partial charge < -0.3 is 15.5 Å². The van der Waals surface area contributed by atoms with Gasteiger partial charge in [-0.1, -0.05) is 0 Å². The van der Waals surface area contributed by atoms with E-state index >= 15 is 0 Å². The van der Waals surface area contributed by atoms with E-state index in [1.54, 1.807) is 36.0 Å². The Morgan fingerprint density at radius 2 is 1.86 bits per heavy atom. The molecule has 1 heterocycles. The summed E-state index contributed by atoms with van der Waals surface area (Å²) in [5.41, 5.74) is 1.46. The molecule has 1 aliphatic rings. The van der Waals surface area contributed by atoms with Crippen molar-refractivity contribution in [3.63, 3.8) is 0 Å². The summed E-state index contributed by atoms with van der Waals surface area (Å²) in [5.74, 6) is 1.58. The van der Waals surface area contributed by atoms with Gasteiger partial charge in [-0.25, -0.2) is 0 Å². The first-order chi connectivity index (χ1) is 10.5. The SMILES string of the molecule is CN(C)CCC(=O)Nc1ccc(NC(=O)C2CSCN2)cc1. The highest BCUT2D eigenvalue weighted by atomic mass is 32.2. The van der Waals surface area contributed by atoms with E-state index in [-0.39, 0.29) is 17.9 Å². The maximum absolute atomic E-state index is 12.0. The van der Waals surface area contributed by atoms with Crippen LogP contribution >= 0.6 is 11.8 Å². The van der Waals surface area contributed by atoms with Crippen LogP contribution < -0.4 is 16.0 Å². The maximum Gasteiger partial charge on any atom is 0.242 e. The van der Waals surface area contributed by atoms with E-state index in [0.29, 0.717) is 13.0 Å². The van der Waals surface area contributed by atoms with Gasteiger partial charge in [-0.15, -0.1) is 11.8 Å². The topological polar surface area (TPSA) is 73.5 Å². The molecule has 1 atom stereocenters. The van der Waals surface area contributed by atoms with Crippen molar-refractivity contribution in [3.8, 4) is 0 Å². The molecule has 1 unspecified atom stereocenters. The second-order valence-corrected chi connectivity index (χ2v) is 6.47. The molecule has 2 amide bonds. The van der Waals surface area contributed by atoms with Crippen molar-refractivity contribution < 1.29 is 9.59 Å². The molecule has 0 aliphatic carbocycles. The summed E-state index contributed by atoms with van der Waals surface area (Å²) >= 11 is 1.71. The van der Waals surface area contributed by atoms with Gasteiger partial charge in [-0.3, -0.25) is 14.9 Å². The van der Waals surface area contributed by atoms with Gasteiger partial charge in [0.05, 0.1) is 6.04 Å². The molecule has 1 aromatic carbocycles. The van der Waals surface area contributed by atoms with Crippen molar-refractivity contribution in [1.82, 2.24) is 10.2 Å². The van der Waals surface area contributed by atoms with E-state index in [0.717, 1.165) is 23.0 Å². The summed E-state index contributed by atoms with van der Waals surface area (Å²) in [4.78, 5) is 25.7. The van der Waals surface area contributed by atoms with E-state index < -0.39 is 0 Å². The standard InChI is InChI=1S/C15H22N4O2S/c1-19(2)8-7-14(20)17-11-3-5-12(6-4-11)18-15(21)13-9-22-10-16-13/h3-6,13,16H,7-10H2,1-2H3,(H,17,20)(H,18,21). The van der Waals surface area contributed by atoms with Crippen LogP contribution in [0.3, 0.4) is 0 Å². The summed E-state index contributed by atoms with van der Waals surface area (Å²) < 4.78 is 0. The lowest BCUT2D eigenvalue weighted by molar-refractivity contribution is -0.117. The molecule has 0 spiro atoms. The quantitative estimate of drug-likeness (QED) is 0.733. The molecule has 0 aromatic heterocycles. The fourth-order valence-corrected chi connectivity index (χ4v) is 2.92. The highest BCUT2D eigenvalue weighted by Crippen LogP contribution is 2.16. The summed E-state index contributed by atoms with van der Waals surface area (Å²) in [6.45, 7) is 0.715. The number of carbonyl (C=O) groups excluding carboxylic acids is 2. The van der Waals surface area contributed by atoms with Crippen LogP contribution in [0.15, 0.2) is 24.3 Å². The summed E-state index contributed by atoms with van der Waals surface area (Å²) in [6, 6.07) is 7.04. The first-order valence-electron chi connectivity index (χ1n) is 7.21. The fourth-order valence-electron chi connectivity index (χ4n) is 1.98. The second-order valence-electron chi connectivity index (χ2n) is 5.44. The zero-order chi connectivity index (χ0) is 15.9. The predicted octanol–water partition coefficient (Wildman–Crippen LogP) is 1.18. The summed E-state index contributed by atoms with van der Waals surface area (Å²) in [6.07, 6.45) is 0.455. The molecule has 120 valence electrons. The second kappa shape index (κ2) is 8.17. The normalized spacial score (nSPS) is 17.5. The number of nitrogens with one attached hydrogen (secondary N) is 3. The molecular weight excluding hydrogens is 300 g/mol. The van der Waals surface area contributed by atoms with E-state index in [4.69, 9.17) is 0 Å². The van der Waals surface area contributed by atoms with Crippen LogP contribution in [0, 0.1) is 0 Å². The lowest BCUT2D eigenvalue weighted by Crippen LogP contribution is -2.37. The number of anilines is 2. The number of hydrogen-bond acceptors (Lipinski definition) is 5. The lowest BCUT2D eigenvalue weighted by atomic mass is 10.2. The van der Waals surface area contributed by atoms with Crippen molar-refractivity contribution in [1.29, 1.82) is 0 Å². The zero-order valence-electron chi connectivity index (χ0n) is 12.9. The number of nitrogens with zero attached hydrogens (tertiary/aromatic N) is 1. The zero-order valence-corrected chi connectivity index (χ0v) is 13.7. The average Bonchev–Trinajstić information content (AvgIpc) is 3.01. The van der Waals surface area contributed by atoms with Crippen LogP contribution in [-0.2, 0) is 9.59 Å². The van der Waals surface area contributed by atoms with Gasteiger partial charge >= 0.3 is 0 Å². The van der Waals surface area contributed by atoms with Crippen molar-refractivity contribution in [2.45, 2.75) is 12.5 Å². The minimum absolute atomic E-state index is 0.0161. The van der Waals surface area contributed by atoms with Crippen LogP contribution in [0.4, 0.5) is 11.4 Å². The van der Waals surface area contributed by atoms with Gasteiger partial charge in [0.2, 0.25) is 11.8 Å². The predicted molar refractivity (Wildman–Crippen MR) is 91.1 cm³/mol. The molecule has 6 nitrogen and oxygen atoms in total. The third-order valence-corrected chi connectivity index (χ3v) is 4.19. The molecule has 2 rings (SSSR count). The lowest BCUT2D eigenvalue weighted by Gasteiger charge is -2.12. The summed E-state index contributed by atoms with van der Waals surface area (Å²) in [5, 5.41) is 8.84. The van der Waals surface area contributed by atoms with E-state index in [2.05, 4.69) is 16.0 Å². The van der Waals surface area contributed by atoms with Crippen LogP contribution in [0.25, 0.3) is 0 Å². The van der Waals surface area contributed by atoms with E-state index in [1.807, 2.05) is 19.0 Å². The number of benzene rings is 1. The molecule has 3 N–H and O–H groups in total. The summed E-state index contributed by atoms with van der Waals surface area (Å²) in [7, 11) is 3.87. The van der Waals surface area contributed by atoms with E-state index in [1.165, 1.54) is 0 Å². The molecule has 0 saturated carbocycles. The largest absolute Gasteiger partial charge is 0.326 e. The number of rotatable bonds is 6. The van der Waals surface area contributed by atoms with Crippen molar-refractivity contribution in [2.24, 2.45) is 0 Å². The van der Waals surface area contributed by atoms with E-state index in [9.17, 15) is 9.59 Å². The van der Waals surface area contributed by atoms with Crippen LogP contribution in [-0.4, -0.2) is 55.0 Å². The molecular formula is C15H22N4O2S. The Bertz CT molecular complexity index is 513. The first-order valence-corrected chi connectivity index (χ1v) is 8.37.